The molecule has 2 aromatic carbocycles. The maximum atomic E-state index is 11.2. The molecule has 7 nitrogen and oxygen atoms in total. The Labute approximate surface area is 197 Å². The molecule has 0 saturated carbocycles. The summed E-state index contributed by atoms with van der Waals surface area (Å²) in [5.74, 6) is 3.03. The maximum Gasteiger partial charge on any atom is 0.224 e. The van der Waals surface area contributed by atoms with Crippen LogP contribution in [-0.2, 0) is 10.5 Å². The third kappa shape index (κ3) is 4.57. The van der Waals surface area contributed by atoms with E-state index in [9.17, 15) is 4.79 Å². The van der Waals surface area contributed by atoms with Crippen molar-refractivity contribution in [1.82, 2.24) is 24.4 Å². The van der Waals surface area contributed by atoms with Crippen LogP contribution >= 0.6 is 11.8 Å². The predicted octanol–water partition coefficient (Wildman–Crippen LogP) is 4.38. The maximum absolute atomic E-state index is 11.2. The number of carbonyl (C=O) groups excluding carboxylic acids is 1. The van der Waals surface area contributed by atoms with Crippen LogP contribution in [0.4, 0.5) is 5.95 Å². The van der Waals surface area contributed by atoms with E-state index in [1.165, 1.54) is 10.8 Å². The van der Waals surface area contributed by atoms with Crippen molar-refractivity contribution in [3.8, 4) is 17.2 Å². The van der Waals surface area contributed by atoms with Gasteiger partial charge in [-0.2, -0.15) is 16.7 Å². The Bertz CT molecular complexity index is 1270. The Kier molecular flexibility index (Phi) is 6.26. The smallest absolute Gasteiger partial charge is 0.224 e. The summed E-state index contributed by atoms with van der Waals surface area (Å²) in [6, 6.07) is 16.8. The summed E-state index contributed by atoms with van der Waals surface area (Å²) in [4.78, 5) is 27.0. The number of hydrogen-bond donors (Lipinski definition) is 1. The van der Waals surface area contributed by atoms with E-state index in [-0.39, 0.29) is 6.04 Å². The number of piperidine rings is 1. The van der Waals surface area contributed by atoms with Gasteiger partial charge in [0.2, 0.25) is 12.4 Å². The molecule has 1 fully saturated rings. The number of fused-ring (bicyclic) bond motifs is 1. The van der Waals surface area contributed by atoms with Crippen molar-refractivity contribution in [2.24, 2.45) is 0 Å². The largest absolute Gasteiger partial charge is 0.350 e. The van der Waals surface area contributed by atoms with E-state index in [2.05, 4.69) is 63.6 Å². The van der Waals surface area contributed by atoms with Crippen molar-refractivity contribution >= 4 is 34.9 Å². The van der Waals surface area contributed by atoms with Gasteiger partial charge in [0, 0.05) is 36.6 Å². The SMILES string of the molecule is CSCc1cnc(-c2ccc3ccccc3c2)n1-c1ccnc(NC2CCCN(C=O)C2)n1. The van der Waals surface area contributed by atoms with Crippen LogP contribution in [0.1, 0.15) is 18.5 Å². The number of imidazole rings is 1. The van der Waals surface area contributed by atoms with Crippen LogP contribution in [0.5, 0.6) is 0 Å². The van der Waals surface area contributed by atoms with Gasteiger partial charge < -0.3 is 10.2 Å². The van der Waals surface area contributed by atoms with Crippen LogP contribution < -0.4 is 5.32 Å². The van der Waals surface area contributed by atoms with E-state index < -0.39 is 0 Å². The lowest BCUT2D eigenvalue weighted by Crippen LogP contribution is -2.41. The Hall–Kier alpha value is -3.39. The molecule has 0 bridgehead atoms. The third-order valence-corrected chi connectivity index (χ3v) is 6.52. The first-order valence-electron chi connectivity index (χ1n) is 11.1. The van der Waals surface area contributed by atoms with E-state index in [0.717, 1.165) is 54.4 Å². The van der Waals surface area contributed by atoms with Crippen molar-refractivity contribution in [3.63, 3.8) is 0 Å². The number of thioether (sulfide) groups is 1. The number of likely N-dealkylation sites (tertiary alicyclic amines) is 1. The zero-order valence-corrected chi connectivity index (χ0v) is 19.3. The molecule has 0 aliphatic carbocycles. The first-order valence-corrected chi connectivity index (χ1v) is 12.5. The molecule has 1 N–H and O–H groups in total. The molecule has 0 radical (unpaired) electrons. The Morgan fingerprint density at radius 3 is 2.88 bits per heavy atom. The van der Waals surface area contributed by atoms with Gasteiger partial charge in [-0.3, -0.25) is 9.36 Å². The second-order valence-electron chi connectivity index (χ2n) is 8.23. The van der Waals surface area contributed by atoms with E-state index in [1.54, 1.807) is 22.9 Å². The molecule has 1 aliphatic heterocycles. The first-order chi connectivity index (χ1) is 16.2. The summed E-state index contributed by atoms with van der Waals surface area (Å²) in [6.45, 7) is 1.48. The van der Waals surface area contributed by atoms with Crippen LogP contribution in [0.2, 0.25) is 0 Å². The molecule has 1 unspecified atom stereocenters. The molecule has 5 rings (SSSR count). The van der Waals surface area contributed by atoms with Crippen LogP contribution in [0.3, 0.4) is 0 Å². The van der Waals surface area contributed by atoms with Crippen molar-refractivity contribution in [2.45, 2.75) is 24.6 Å². The van der Waals surface area contributed by atoms with E-state index >= 15 is 0 Å². The number of benzene rings is 2. The molecule has 1 amide bonds. The number of nitrogens with zero attached hydrogens (tertiary/aromatic N) is 5. The highest BCUT2D eigenvalue weighted by Crippen LogP contribution is 2.28. The zero-order valence-electron chi connectivity index (χ0n) is 18.5. The molecule has 8 heteroatoms. The van der Waals surface area contributed by atoms with Crippen LogP contribution in [0.15, 0.2) is 60.9 Å². The molecule has 1 saturated heterocycles. The van der Waals surface area contributed by atoms with E-state index in [0.29, 0.717) is 12.5 Å². The number of aromatic nitrogens is 4. The number of nitrogens with one attached hydrogen (secondary N) is 1. The molecule has 2 aromatic heterocycles. The molecular weight excluding hydrogens is 432 g/mol. The van der Waals surface area contributed by atoms with Crippen LogP contribution in [0.25, 0.3) is 28.0 Å². The highest BCUT2D eigenvalue weighted by Gasteiger charge is 2.20. The normalized spacial score (nSPS) is 16.2. The highest BCUT2D eigenvalue weighted by molar-refractivity contribution is 7.97. The number of rotatable bonds is 7. The summed E-state index contributed by atoms with van der Waals surface area (Å²) in [5, 5.41) is 5.80. The van der Waals surface area contributed by atoms with Gasteiger partial charge in [-0.25, -0.2) is 9.97 Å². The number of anilines is 1. The fraction of sp³-hybridized carbons (Fsp3) is 0.280. The molecule has 4 aromatic rings. The van der Waals surface area contributed by atoms with Crippen LogP contribution in [-0.4, -0.2) is 56.2 Å². The van der Waals surface area contributed by atoms with E-state index in [1.807, 2.05) is 12.3 Å². The highest BCUT2D eigenvalue weighted by atomic mass is 32.2. The van der Waals surface area contributed by atoms with Crippen LogP contribution in [0, 0.1) is 0 Å². The number of amides is 1. The standard InChI is InChI=1S/C25H26N6OS/c1-33-16-22-14-27-24(20-9-8-18-5-2-3-6-19(18)13-20)31(22)23-10-11-26-25(29-23)28-21-7-4-12-30(15-21)17-32/h2-3,5-6,8-11,13-14,17,21H,4,7,12,15-16H2,1H3,(H,26,28,29). The van der Waals surface area contributed by atoms with Crippen molar-refractivity contribution < 1.29 is 4.79 Å². The van der Waals surface area contributed by atoms with Gasteiger partial charge in [0.15, 0.2) is 0 Å². The monoisotopic (exact) mass is 458 g/mol. The second-order valence-corrected chi connectivity index (χ2v) is 9.09. The van der Waals surface area contributed by atoms with E-state index in [4.69, 9.17) is 9.97 Å². The van der Waals surface area contributed by atoms with Crippen molar-refractivity contribution in [3.05, 3.63) is 66.6 Å². The van der Waals surface area contributed by atoms with Crippen molar-refractivity contribution in [2.75, 3.05) is 24.7 Å². The third-order valence-electron chi connectivity index (χ3n) is 5.94. The predicted molar refractivity (Wildman–Crippen MR) is 134 cm³/mol. The number of carbonyl (C=O) groups is 1. The Balaban J connectivity index is 1.51. The Morgan fingerprint density at radius 2 is 2.03 bits per heavy atom. The minimum atomic E-state index is 0.146. The lowest BCUT2D eigenvalue weighted by molar-refractivity contribution is -0.119. The summed E-state index contributed by atoms with van der Waals surface area (Å²) in [5.41, 5.74) is 2.13. The van der Waals surface area contributed by atoms with Gasteiger partial charge in [0.25, 0.3) is 0 Å². The topological polar surface area (TPSA) is 75.9 Å². The second kappa shape index (κ2) is 9.62. The van der Waals surface area contributed by atoms with Gasteiger partial charge in [0.1, 0.15) is 11.6 Å². The summed E-state index contributed by atoms with van der Waals surface area (Å²) in [6.07, 6.45) is 8.67. The number of hydrogen-bond acceptors (Lipinski definition) is 6. The molecule has 0 spiro atoms. The molecule has 1 aliphatic rings. The first kappa shape index (κ1) is 21.5. The zero-order chi connectivity index (χ0) is 22.6. The molecule has 1 atom stereocenters. The molecule has 3 heterocycles. The van der Waals surface area contributed by atoms with Gasteiger partial charge in [-0.15, -0.1) is 0 Å². The summed E-state index contributed by atoms with van der Waals surface area (Å²) in [7, 11) is 0. The minimum absolute atomic E-state index is 0.146. The molecular formula is C25H26N6OS. The molecule has 33 heavy (non-hydrogen) atoms. The minimum Gasteiger partial charge on any atom is -0.350 e. The quantitative estimate of drug-likeness (QED) is 0.414. The summed E-state index contributed by atoms with van der Waals surface area (Å²) < 4.78 is 2.12. The fourth-order valence-corrected chi connectivity index (χ4v) is 4.87. The van der Waals surface area contributed by atoms with Gasteiger partial charge >= 0.3 is 0 Å². The average Bonchev–Trinajstić information content (AvgIpc) is 3.28. The summed E-state index contributed by atoms with van der Waals surface area (Å²) >= 11 is 1.75. The average molecular weight is 459 g/mol. The lowest BCUT2D eigenvalue weighted by atomic mass is 10.1. The fourth-order valence-electron chi connectivity index (χ4n) is 4.37. The van der Waals surface area contributed by atoms with Crippen molar-refractivity contribution in [1.29, 1.82) is 0 Å². The molecule has 168 valence electrons. The van der Waals surface area contributed by atoms with Gasteiger partial charge in [-0.1, -0.05) is 36.4 Å². The van der Waals surface area contributed by atoms with Gasteiger partial charge in [0.05, 0.1) is 11.9 Å². The van der Waals surface area contributed by atoms with Gasteiger partial charge in [-0.05, 0) is 42.0 Å². The Morgan fingerprint density at radius 1 is 1.15 bits per heavy atom. The lowest BCUT2D eigenvalue weighted by Gasteiger charge is -2.30.